The van der Waals surface area contributed by atoms with Crippen molar-refractivity contribution in [2.75, 3.05) is 10.6 Å². The Labute approximate surface area is 173 Å². The molecule has 2 aromatic carbocycles. The molecule has 0 atom stereocenters. The molecule has 0 saturated carbocycles. The summed E-state index contributed by atoms with van der Waals surface area (Å²) < 4.78 is 100. The number of sulfonamides is 1. The molecule has 0 fully saturated rings. The molecule has 2 aromatic rings. The predicted molar refractivity (Wildman–Crippen MR) is 95.2 cm³/mol. The molecule has 0 spiro atoms. The van der Waals surface area contributed by atoms with Crippen molar-refractivity contribution in [1.29, 1.82) is 0 Å². The van der Waals surface area contributed by atoms with Gasteiger partial charge in [0.15, 0.2) is 0 Å². The molecule has 0 saturated heterocycles. The highest BCUT2D eigenvalue weighted by atomic mass is 32.2. The summed E-state index contributed by atoms with van der Waals surface area (Å²) in [5, 5.41) is 29.0. The smallest absolute Gasteiger partial charge is 0.416 e. The van der Waals surface area contributed by atoms with Crippen molar-refractivity contribution in [2.24, 2.45) is 5.14 Å². The fourth-order valence-electron chi connectivity index (χ4n) is 2.30. The van der Waals surface area contributed by atoms with Crippen LogP contribution in [0.5, 0.6) is 5.75 Å². The third-order valence-corrected chi connectivity index (χ3v) is 4.58. The van der Waals surface area contributed by atoms with Crippen LogP contribution < -0.4 is 15.8 Å². The van der Waals surface area contributed by atoms with Crippen molar-refractivity contribution >= 4 is 33.1 Å². The molecule has 2 rings (SSSR count). The normalized spacial score (nSPS) is 12.3. The molecule has 0 heterocycles. The van der Waals surface area contributed by atoms with E-state index in [2.05, 4.69) is 0 Å². The van der Waals surface area contributed by atoms with E-state index in [4.69, 9.17) is 5.14 Å². The summed E-state index contributed by atoms with van der Waals surface area (Å²) in [4.78, 5) is 20.9. The Morgan fingerprint density at radius 3 is 1.88 bits per heavy atom. The zero-order chi connectivity index (χ0) is 24.6. The van der Waals surface area contributed by atoms with Gasteiger partial charge in [-0.2, -0.15) is 26.3 Å². The summed E-state index contributed by atoms with van der Waals surface area (Å²) in [7, 11) is -4.57. The molecule has 0 aliphatic rings. The quantitative estimate of drug-likeness (QED) is 0.222. The van der Waals surface area contributed by atoms with Crippen LogP contribution in [0.3, 0.4) is 0 Å². The number of aromatic hydroxyl groups is 1. The number of phenolic OH excluding ortho intramolecular Hbond substituents is 1. The highest BCUT2D eigenvalue weighted by molar-refractivity contribution is 7.89. The number of urea groups is 1. The SMILES string of the molecule is NS(=O)(=O)c1cc(NC(=O)Nc2cc(C(F)(F)F)cc(C(F)(F)F)c2)c(O)c([N+](=O)[O-])c1. The Balaban J connectivity index is 2.45. The number of benzene rings is 2. The third-order valence-electron chi connectivity index (χ3n) is 3.68. The summed E-state index contributed by atoms with van der Waals surface area (Å²) >= 11 is 0. The van der Waals surface area contributed by atoms with E-state index >= 15 is 0 Å². The lowest BCUT2D eigenvalue weighted by Crippen LogP contribution is -2.21. The lowest BCUT2D eigenvalue weighted by atomic mass is 10.1. The van der Waals surface area contributed by atoms with Crippen molar-refractivity contribution < 1.29 is 49.6 Å². The number of carbonyl (C=O) groups excluding carboxylic acids is 1. The second kappa shape index (κ2) is 8.15. The Hall–Kier alpha value is -3.60. The topological polar surface area (TPSA) is 165 Å². The molecule has 0 aromatic heterocycles. The van der Waals surface area contributed by atoms with Crippen molar-refractivity contribution in [3.8, 4) is 5.75 Å². The first kappa shape index (κ1) is 24.7. The third kappa shape index (κ3) is 5.76. The number of nitro benzene ring substituents is 1. The zero-order valence-corrected chi connectivity index (χ0v) is 15.9. The lowest BCUT2D eigenvalue weighted by molar-refractivity contribution is -0.386. The number of hydrogen-bond acceptors (Lipinski definition) is 6. The largest absolute Gasteiger partial charge is 0.501 e. The first-order valence-electron chi connectivity index (χ1n) is 7.81. The van der Waals surface area contributed by atoms with Gasteiger partial charge in [0.25, 0.3) is 0 Å². The number of phenols is 1. The van der Waals surface area contributed by atoms with E-state index in [1.807, 2.05) is 0 Å². The summed E-state index contributed by atoms with van der Waals surface area (Å²) in [6.45, 7) is 0. The van der Waals surface area contributed by atoms with Crippen molar-refractivity contribution in [3.63, 3.8) is 0 Å². The molecule has 5 N–H and O–H groups in total. The van der Waals surface area contributed by atoms with Gasteiger partial charge in [0.2, 0.25) is 15.8 Å². The van der Waals surface area contributed by atoms with Crippen LogP contribution >= 0.6 is 0 Å². The number of amides is 2. The molecule has 0 bridgehead atoms. The standard InChI is InChI=1S/C15H10F6N4O6S/c16-14(17,18)6-1-7(15(19,20)21)3-8(2-6)23-13(27)24-10-4-9(32(22,30)31)5-11(12(10)26)25(28)29/h1-5,26H,(H2,22,30,31)(H2,23,24,27). The number of nitrogens with zero attached hydrogens (tertiary/aromatic N) is 1. The molecular formula is C15H10F6N4O6S. The molecule has 32 heavy (non-hydrogen) atoms. The average Bonchev–Trinajstić information content (AvgIpc) is 2.60. The van der Waals surface area contributed by atoms with Gasteiger partial charge in [0.05, 0.1) is 26.6 Å². The molecule has 2 amide bonds. The molecule has 0 aliphatic heterocycles. The Morgan fingerprint density at radius 2 is 1.47 bits per heavy atom. The van der Waals surface area contributed by atoms with Crippen LogP contribution in [0.1, 0.15) is 11.1 Å². The van der Waals surface area contributed by atoms with Gasteiger partial charge in [-0.1, -0.05) is 0 Å². The number of nitrogens with one attached hydrogen (secondary N) is 2. The number of rotatable bonds is 4. The van der Waals surface area contributed by atoms with Crippen LogP contribution in [0, 0.1) is 10.1 Å². The summed E-state index contributed by atoms with van der Waals surface area (Å²) in [6, 6.07) is -0.529. The molecule has 10 nitrogen and oxygen atoms in total. The van der Waals surface area contributed by atoms with E-state index < -0.39 is 72.2 Å². The first-order valence-corrected chi connectivity index (χ1v) is 9.36. The summed E-state index contributed by atoms with van der Waals surface area (Å²) in [5.41, 5.74) is -6.56. The number of primary sulfonamides is 1. The number of carbonyl (C=O) groups is 1. The van der Waals surface area contributed by atoms with Crippen molar-refractivity contribution in [2.45, 2.75) is 17.2 Å². The van der Waals surface area contributed by atoms with E-state index in [0.717, 1.165) is 0 Å². The monoisotopic (exact) mass is 488 g/mol. The van der Waals surface area contributed by atoms with E-state index in [0.29, 0.717) is 12.1 Å². The highest BCUT2D eigenvalue weighted by Crippen LogP contribution is 2.38. The van der Waals surface area contributed by atoms with Gasteiger partial charge in [-0.05, 0) is 24.3 Å². The van der Waals surface area contributed by atoms with Crippen LogP contribution in [-0.4, -0.2) is 24.5 Å². The molecular weight excluding hydrogens is 478 g/mol. The maximum absolute atomic E-state index is 12.9. The lowest BCUT2D eigenvalue weighted by Gasteiger charge is -2.15. The minimum absolute atomic E-state index is 0.178. The molecule has 0 unspecified atom stereocenters. The highest BCUT2D eigenvalue weighted by Gasteiger charge is 2.37. The summed E-state index contributed by atoms with van der Waals surface area (Å²) in [6.07, 6.45) is -10.4. The van der Waals surface area contributed by atoms with E-state index in [1.54, 1.807) is 10.6 Å². The van der Waals surface area contributed by atoms with Gasteiger partial charge in [0.1, 0.15) is 0 Å². The minimum atomic E-state index is -5.20. The molecule has 0 aliphatic carbocycles. The van der Waals surface area contributed by atoms with Gasteiger partial charge < -0.3 is 15.7 Å². The predicted octanol–water partition coefficient (Wildman–Crippen LogP) is 3.63. The second-order valence-electron chi connectivity index (χ2n) is 6.01. The maximum atomic E-state index is 12.9. The van der Waals surface area contributed by atoms with E-state index in [-0.39, 0.29) is 18.2 Å². The zero-order valence-electron chi connectivity index (χ0n) is 15.1. The fourth-order valence-corrected chi connectivity index (χ4v) is 2.86. The van der Waals surface area contributed by atoms with Gasteiger partial charge in [-0.25, -0.2) is 18.4 Å². The molecule has 174 valence electrons. The molecule has 0 radical (unpaired) electrons. The van der Waals surface area contributed by atoms with Gasteiger partial charge >= 0.3 is 24.1 Å². The summed E-state index contributed by atoms with van der Waals surface area (Å²) in [5.74, 6) is -1.25. The van der Waals surface area contributed by atoms with E-state index in [9.17, 15) is 54.8 Å². The first-order chi connectivity index (χ1) is 14.4. The number of hydrogen-bond donors (Lipinski definition) is 4. The number of nitrogens with two attached hydrogens (primary N) is 1. The van der Waals surface area contributed by atoms with Crippen LogP contribution in [0.25, 0.3) is 0 Å². The number of anilines is 2. The number of nitro groups is 1. The Kier molecular flexibility index (Phi) is 6.28. The van der Waals surface area contributed by atoms with Gasteiger partial charge in [-0.3, -0.25) is 10.1 Å². The van der Waals surface area contributed by atoms with E-state index in [1.165, 1.54) is 0 Å². The second-order valence-corrected chi connectivity index (χ2v) is 7.58. The fraction of sp³-hybridized carbons (Fsp3) is 0.133. The van der Waals surface area contributed by atoms with Crippen molar-refractivity contribution in [1.82, 2.24) is 0 Å². The average molecular weight is 488 g/mol. The van der Waals surface area contributed by atoms with Crippen molar-refractivity contribution in [3.05, 3.63) is 51.6 Å². The number of alkyl halides is 6. The maximum Gasteiger partial charge on any atom is 0.416 e. The van der Waals surface area contributed by atoms with Crippen LogP contribution in [0.4, 0.5) is 48.2 Å². The Bertz CT molecular complexity index is 1160. The van der Waals surface area contributed by atoms with Crippen LogP contribution in [0.15, 0.2) is 35.2 Å². The Morgan fingerprint density at radius 1 is 0.969 bits per heavy atom. The minimum Gasteiger partial charge on any atom is -0.501 e. The van der Waals surface area contributed by atoms with Gasteiger partial charge in [-0.15, -0.1) is 0 Å². The number of halogens is 6. The van der Waals surface area contributed by atoms with Crippen LogP contribution in [0.2, 0.25) is 0 Å². The molecule has 17 heteroatoms. The van der Waals surface area contributed by atoms with Crippen LogP contribution in [-0.2, 0) is 22.4 Å². The van der Waals surface area contributed by atoms with Gasteiger partial charge in [0, 0.05) is 11.8 Å².